The molecule has 1 fully saturated rings. The molecule has 0 aliphatic carbocycles. The van der Waals surface area contributed by atoms with Crippen LogP contribution in [0.25, 0.3) is 11.2 Å². The normalized spacial score (nSPS) is 21.4. The van der Waals surface area contributed by atoms with Gasteiger partial charge in [0.05, 0.1) is 26.7 Å². The third-order valence-corrected chi connectivity index (χ3v) is 8.05. The second kappa shape index (κ2) is 12.2. The highest BCUT2D eigenvalue weighted by molar-refractivity contribution is 5.78. The maximum atomic E-state index is 11.3. The lowest BCUT2D eigenvalue weighted by Gasteiger charge is -2.37. The fraction of sp³-hybridized carbons (Fsp3) is 0.265. The van der Waals surface area contributed by atoms with Crippen molar-refractivity contribution < 1.29 is 29.5 Å². The van der Waals surface area contributed by atoms with Crippen LogP contribution < -0.4 is 14.8 Å². The van der Waals surface area contributed by atoms with E-state index in [4.69, 9.17) is 30.6 Å². The minimum absolute atomic E-state index is 0.178. The number of fused-ring (bicyclic) bond motifs is 1. The van der Waals surface area contributed by atoms with Crippen molar-refractivity contribution in [3.8, 4) is 24.0 Å². The first-order valence-electron chi connectivity index (χ1n) is 14.4. The Morgan fingerprint density at radius 3 is 2.18 bits per heavy atom. The summed E-state index contributed by atoms with van der Waals surface area (Å²) >= 11 is 0. The molecule has 1 aliphatic heterocycles. The Hall–Kier alpha value is -4.99. The largest absolute Gasteiger partial charge is 0.497 e. The zero-order valence-corrected chi connectivity index (χ0v) is 24.7. The van der Waals surface area contributed by atoms with Gasteiger partial charge in [0.2, 0.25) is 11.8 Å². The number of ether oxygens (including phenoxy) is 3. The first kappa shape index (κ1) is 30.1. The summed E-state index contributed by atoms with van der Waals surface area (Å²) in [5.74, 6) is 3.32. The lowest BCUT2D eigenvalue weighted by atomic mass is 9.77. The molecule has 1 aliphatic rings. The molecular weight excluding hydrogens is 574 g/mol. The number of hydrogen-bond acceptors (Lipinski definition) is 10. The highest BCUT2D eigenvalue weighted by atomic mass is 16.6. The van der Waals surface area contributed by atoms with Crippen molar-refractivity contribution in [1.82, 2.24) is 19.5 Å². The van der Waals surface area contributed by atoms with Crippen molar-refractivity contribution in [2.75, 3.05) is 25.6 Å². The lowest BCUT2D eigenvalue weighted by molar-refractivity contribution is -0.0721. The molecule has 4 atom stereocenters. The molecule has 0 bridgehead atoms. The average molecular weight is 608 g/mol. The Kier molecular flexibility index (Phi) is 8.14. The fourth-order valence-electron chi connectivity index (χ4n) is 5.81. The van der Waals surface area contributed by atoms with E-state index in [-0.39, 0.29) is 17.5 Å². The average Bonchev–Trinajstić information content (AvgIpc) is 3.62. The van der Waals surface area contributed by atoms with E-state index < -0.39 is 36.2 Å². The summed E-state index contributed by atoms with van der Waals surface area (Å²) in [5.41, 5.74) is 0.0418. The number of benzene rings is 3. The number of aromatic nitrogens is 4. The maximum Gasteiger partial charge on any atom is 0.247 e. The number of hydrogen-bond donors (Lipinski definition) is 4. The molecular formula is C34H33N5O6. The molecule has 1 saturated heterocycles. The van der Waals surface area contributed by atoms with Gasteiger partial charge in [0.25, 0.3) is 0 Å². The minimum Gasteiger partial charge on any atom is -0.497 e. The van der Waals surface area contributed by atoms with Crippen LogP contribution in [0, 0.1) is 12.3 Å². The lowest BCUT2D eigenvalue weighted by Crippen LogP contribution is -2.45. The van der Waals surface area contributed by atoms with Crippen molar-refractivity contribution in [2.45, 2.75) is 36.5 Å². The van der Waals surface area contributed by atoms with Gasteiger partial charge in [-0.05, 0) is 35.7 Å². The number of nitrogens with one attached hydrogen (secondary N) is 1. The first-order valence-corrected chi connectivity index (χ1v) is 14.4. The van der Waals surface area contributed by atoms with Crippen LogP contribution in [-0.4, -0.2) is 73.0 Å². The molecule has 0 amide bonds. The highest BCUT2D eigenvalue weighted by Gasteiger charge is 2.56. The summed E-state index contributed by atoms with van der Waals surface area (Å²) in [4.78, 5) is 14.1. The molecule has 230 valence electrons. The quantitative estimate of drug-likeness (QED) is 0.138. The van der Waals surface area contributed by atoms with Gasteiger partial charge in [0.15, 0.2) is 23.0 Å². The Balaban J connectivity index is 1.58. The third-order valence-electron chi connectivity index (χ3n) is 8.05. The first-order chi connectivity index (χ1) is 21.9. The van der Waals surface area contributed by atoms with Crippen molar-refractivity contribution in [2.24, 2.45) is 0 Å². The fourth-order valence-corrected chi connectivity index (χ4v) is 5.81. The van der Waals surface area contributed by atoms with E-state index >= 15 is 0 Å². The van der Waals surface area contributed by atoms with Crippen LogP contribution >= 0.6 is 0 Å². The summed E-state index contributed by atoms with van der Waals surface area (Å²) in [6.07, 6.45) is 3.08. The number of aliphatic hydroxyl groups is 3. The molecule has 45 heavy (non-hydrogen) atoms. The Bertz CT molecular complexity index is 1770. The summed E-state index contributed by atoms with van der Waals surface area (Å²) in [6, 6.07) is 27.6. The van der Waals surface area contributed by atoms with E-state index in [9.17, 15) is 15.3 Å². The molecule has 0 radical (unpaired) electrons. The van der Waals surface area contributed by atoms with Gasteiger partial charge in [-0.15, -0.1) is 6.42 Å². The van der Waals surface area contributed by atoms with Crippen molar-refractivity contribution in [1.29, 1.82) is 0 Å². The van der Waals surface area contributed by atoms with Gasteiger partial charge in [-0.2, -0.15) is 9.97 Å². The molecule has 2 aromatic heterocycles. The van der Waals surface area contributed by atoms with Crippen molar-refractivity contribution >= 4 is 17.1 Å². The van der Waals surface area contributed by atoms with Crippen LogP contribution in [0.15, 0.2) is 91.3 Å². The van der Waals surface area contributed by atoms with E-state index in [2.05, 4.69) is 16.2 Å². The third kappa shape index (κ3) is 5.04. The second-order valence-electron chi connectivity index (χ2n) is 10.6. The molecule has 1 unspecified atom stereocenters. The summed E-state index contributed by atoms with van der Waals surface area (Å²) < 4.78 is 18.6. The SMILES string of the molecule is C#C[C@]1(O)C(n2cnc3c(OCC)nc(NC(c4ccccc4)(c4ccccc4)c4ccc(OC)cc4)nc32)O[C@H](CO)[C@H]1O. The summed E-state index contributed by atoms with van der Waals surface area (Å²) in [6.45, 7) is 1.56. The number of anilines is 1. The number of rotatable bonds is 10. The number of imidazole rings is 1. The van der Waals surface area contributed by atoms with Gasteiger partial charge >= 0.3 is 0 Å². The number of terminal acetylenes is 1. The number of methoxy groups -OCH3 is 1. The predicted molar refractivity (Wildman–Crippen MR) is 167 cm³/mol. The molecule has 3 aromatic carbocycles. The molecule has 11 heteroatoms. The number of aliphatic hydroxyl groups excluding tert-OH is 2. The summed E-state index contributed by atoms with van der Waals surface area (Å²) in [5, 5.41) is 35.4. The maximum absolute atomic E-state index is 11.3. The topological polar surface area (TPSA) is 144 Å². The monoisotopic (exact) mass is 607 g/mol. The number of nitrogens with zero attached hydrogens (tertiary/aromatic N) is 4. The predicted octanol–water partition coefficient (Wildman–Crippen LogP) is 3.25. The van der Waals surface area contributed by atoms with E-state index in [0.717, 1.165) is 16.7 Å². The zero-order chi connectivity index (χ0) is 31.6. The van der Waals surface area contributed by atoms with Crippen molar-refractivity contribution in [3.63, 3.8) is 0 Å². The van der Waals surface area contributed by atoms with Crippen LogP contribution in [0.5, 0.6) is 11.6 Å². The van der Waals surface area contributed by atoms with Crippen LogP contribution in [0.4, 0.5) is 5.95 Å². The zero-order valence-electron chi connectivity index (χ0n) is 24.7. The standard InChI is InChI=1S/C34H33N5O6/c1-4-33(42)28(41)26(20-40)45-31(33)39-21-35-27-29(39)36-32(37-30(27)44-5-2)38-34(22-12-8-6-9-13-22,23-14-10-7-11-15-23)24-16-18-25(43-3)19-17-24/h1,6-19,21,26,28,31,40-42H,5,20H2,2-3H3,(H,36,37,38)/t26-,28-,31?,33-/m1/s1. The van der Waals surface area contributed by atoms with Gasteiger partial charge in [0, 0.05) is 0 Å². The molecule has 3 heterocycles. The molecule has 4 N–H and O–H groups in total. The molecule has 0 saturated carbocycles. The molecule has 11 nitrogen and oxygen atoms in total. The summed E-state index contributed by atoms with van der Waals surface area (Å²) in [7, 11) is 1.62. The van der Waals surface area contributed by atoms with Crippen LogP contribution in [-0.2, 0) is 10.3 Å². The highest BCUT2D eigenvalue weighted by Crippen LogP contribution is 2.42. The van der Waals surface area contributed by atoms with Crippen molar-refractivity contribution in [3.05, 3.63) is 108 Å². The van der Waals surface area contributed by atoms with Gasteiger partial charge in [-0.3, -0.25) is 4.57 Å². The van der Waals surface area contributed by atoms with E-state index in [1.807, 2.05) is 91.9 Å². The van der Waals surface area contributed by atoms with E-state index in [0.29, 0.717) is 17.9 Å². The second-order valence-corrected chi connectivity index (χ2v) is 10.6. The van der Waals surface area contributed by atoms with Gasteiger partial charge in [0.1, 0.15) is 23.5 Å². The smallest absolute Gasteiger partial charge is 0.247 e. The Labute approximate surface area is 260 Å². The van der Waals surface area contributed by atoms with E-state index in [1.54, 1.807) is 7.11 Å². The van der Waals surface area contributed by atoms with Crippen LogP contribution in [0.2, 0.25) is 0 Å². The van der Waals surface area contributed by atoms with Crippen LogP contribution in [0.1, 0.15) is 29.8 Å². The van der Waals surface area contributed by atoms with Gasteiger partial charge < -0.3 is 34.8 Å². The molecule has 0 spiro atoms. The van der Waals surface area contributed by atoms with Gasteiger partial charge in [-0.25, -0.2) is 4.98 Å². The van der Waals surface area contributed by atoms with Gasteiger partial charge in [-0.1, -0.05) is 78.7 Å². The Morgan fingerprint density at radius 1 is 1.00 bits per heavy atom. The molecule has 6 rings (SSSR count). The Morgan fingerprint density at radius 2 is 1.62 bits per heavy atom. The van der Waals surface area contributed by atoms with Crippen LogP contribution in [0.3, 0.4) is 0 Å². The molecule has 5 aromatic rings. The van der Waals surface area contributed by atoms with E-state index in [1.165, 1.54) is 10.9 Å². The minimum atomic E-state index is -2.17.